The van der Waals surface area contributed by atoms with Gasteiger partial charge < -0.3 is 19.9 Å². The van der Waals surface area contributed by atoms with Gasteiger partial charge in [0.1, 0.15) is 12.0 Å². The second kappa shape index (κ2) is 16.2. The van der Waals surface area contributed by atoms with Gasteiger partial charge in [0.25, 0.3) is 0 Å². The Morgan fingerprint density at radius 2 is 1.75 bits per heavy atom. The van der Waals surface area contributed by atoms with Crippen LogP contribution in [0.2, 0.25) is 0 Å². The van der Waals surface area contributed by atoms with Gasteiger partial charge in [-0.15, -0.1) is 0 Å². The summed E-state index contributed by atoms with van der Waals surface area (Å²) in [4.78, 5) is 22.4. The van der Waals surface area contributed by atoms with Gasteiger partial charge in [0.2, 0.25) is 11.9 Å². The monoisotopic (exact) mass is 706 g/mol. The number of carbonyl (C=O) groups excluding carboxylic acids is 1. The van der Waals surface area contributed by atoms with Gasteiger partial charge in [-0.2, -0.15) is 17.6 Å². The largest absolute Gasteiger partial charge is 0.393 e. The van der Waals surface area contributed by atoms with Crippen molar-refractivity contribution in [3.8, 4) is 0 Å². The molecule has 51 heavy (non-hydrogen) atoms. The van der Waals surface area contributed by atoms with Crippen LogP contribution in [0.25, 0.3) is 11.1 Å². The number of allylic oxidation sites excluding steroid dienone is 1. The van der Waals surface area contributed by atoms with Crippen LogP contribution in [-0.2, 0) is 9.53 Å². The Kier molecular flexibility index (Phi) is 12.0. The fourth-order valence-corrected chi connectivity index (χ4v) is 6.47. The highest BCUT2D eigenvalue weighted by molar-refractivity contribution is 6.02. The van der Waals surface area contributed by atoms with Crippen molar-refractivity contribution in [1.29, 1.82) is 5.41 Å². The maximum absolute atomic E-state index is 14.8. The van der Waals surface area contributed by atoms with E-state index in [9.17, 15) is 22.4 Å². The molecule has 272 valence electrons. The molecule has 1 atom stereocenters. The lowest BCUT2D eigenvalue weighted by Gasteiger charge is -2.32. The van der Waals surface area contributed by atoms with Crippen LogP contribution in [0, 0.1) is 5.41 Å². The molecule has 1 amide bonds. The number of hydrogen-bond donors (Lipinski definition) is 2. The lowest BCUT2D eigenvalue weighted by molar-refractivity contribution is -0.124. The Balaban J connectivity index is 1.49. The predicted octanol–water partition coefficient (Wildman–Crippen LogP) is 7.77. The Hall–Kier alpha value is -4.55. The fourth-order valence-electron chi connectivity index (χ4n) is 6.47. The van der Waals surface area contributed by atoms with Crippen LogP contribution < -0.4 is 10.2 Å². The first-order valence-corrected chi connectivity index (χ1v) is 17.2. The lowest BCUT2D eigenvalue weighted by Crippen LogP contribution is -2.43. The smallest absolute Gasteiger partial charge is 0.360 e. The van der Waals surface area contributed by atoms with Gasteiger partial charge in [-0.3, -0.25) is 15.1 Å². The summed E-state index contributed by atoms with van der Waals surface area (Å²) in [6.45, 7) is 1.84. The average molecular weight is 707 g/mol. The van der Waals surface area contributed by atoms with Crippen LogP contribution in [0.15, 0.2) is 79.0 Å². The number of anilines is 2. The molecular formula is C39H46F4N6O2. The third-order valence-corrected chi connectivity index (χ3v) is 9.52. The molecule has 2 N–H and O–H groups in total. The van der Waals surface area contributed by atoms with E-state index >= 15 is 0 Å². The highest BCUT2D eigenvalue weighted by Gasteiger charge is 2.46. The zero-order valence-corrected chi connectivity index (χ0v) is 29.6. The molecule has 2 aliphatic rings. The number of hydrogen-bond acceptors (Lipinski definition) is 7. The summed E-state index contributed by atoms with van der Waals surface area (Å²) >= 11 is 0. The number of likely N-dealkylation sites (N-methyl/N-ethyl adjacent to an activating group) is 3. The summed E-state index contributed by atoms with van der Waals surface area (Å²) < 4.78 is 63.4. The number of aromatic nitrogens is 1. The maximum atomic E-state index is 14.8. The number of pyridine rings is 1. The summed E-state index contributed by atoms with van der Waals surface area (Å²) in [5, 5.41) is 11.1. The molecular weight excluding hydrogens is 660 g/mol. The van der Waals surface area contributed by atoms with E-state index in [1.165, 1.54) is 11.0 Å². The summed E-state index contributed by atoms with van der Waals surface area (Å²) in [7, 11) is 7.37. The summed E-state index contributed by atoms with van der Waals surface area (Å²) in [6, 6.07) is 16.6. The van der Waals surface area contributed by atoms with Gasteiger partial charge in [0.15, 0.2) is 0 Å². The molecule has 1 aliphatic heterocycles. The number of nitrogens with one attached hydrogen (secondary N) is 2. The van der Waals surface area contributed by atoms with Crippen molar-refractivity contribution in [2.45, 2.75) is 56.5 Å². The molecule has 2 fully saturated rings. The number of halogens is 4. The van der Waals surface area contributed by atoms with Gasteiger partial charge >= 0.3 is 6.18 Å². The Morgan fingerprint density at radius 3 is 2.33 bits per heavy atom. The fraction of sp³-hybridized carbons (Fsp3) is 0.410. The molecule has 0 spiro atoms. The van der Waals surface area contributed by atoms with Gasteiger partial charge in [0.05, 0.1) is 12.0 Å². The van der Waals surface area contributed by atoms with Crippen LogP contribution in [0.5, 0.6) is 0 Å². The van der Waals surface area contributed by atoms with E-state index in [2.05, 4.69) is 10.2 Å². The minimum absolute atomic E-state index is 0.0121. The van der Waals surface area contributed by atoms with Crippen molar-refractivity contribution in [3.63, 3.8) is 0 Å². The van der Waals surface area contributed by atoms with Gasteiger partial charge in [-0.05, 0) is 85.7 Å². The van der Waals surface area contributed by atoms with Crippen LogP contribution in [0.3, 0.4) is 0 Å². The standard InChI is InChI=1S/C39H46F4N6O2/c1-47(2)35(50)14-10-21-49(4)38(19-20-38)26-48(3)33-18-16-29(25-45-33)36(31(24-39(41,42)43)27-11-6-5-7-12-27)28-15-17-32(30(23-28)37(40)44)46-34-13-8-9-22-51-34/h5-7,10-12,14-18,23,25,34,44,46H,8-9,13,19-22,24,26H2,1-4H3/b14-10+,36-31-,44-37?. The number of ether oxygens (including phenoxy) is 1. The molecule has 1 unspecified atom stereocenters. The van der Waals surface area contributed by atoms with Crippen molar-refractivity contribution >= 4 is 34.5 Å². The highest BCUT2D eigenvalue weighted by Crippen LogP contribution is 2.43. The number of rotatable bonds is 14. The Labute approximate surface area is 297 Å². The molecule has 2 aromatic carbocycles. The number of nitrogens with zero attached hydrogens (tertiary/aromatic N) is 4. The minimum atomic E-state index is -4.54. The summed E-state index contributed by atoms with van der Waals surface area (Å²) in [5.41, 5.74) is 1.57. The molecule has 3 aromatic rings. The second-order valence-corrected chi connectivity index (χ2v) is 13.6. The molecule has 8 nitrogen and oxygen atoms in total. The Bertz CT molecular complexity index is 1730. The molecule has 1 aromatic heterocycles. The summed E-state index contributed by atoms with van der Waals surface area (Å²) in [5.74, 6) is -0.638. The zero-order chi connectivity index (χ0) is 36.8. The van der Waals surface area contributed by atoms with E-state index in [1.807, 2.05) is 25.1 Å². The molecule has 12 heteroatoms. The number of alkyl halides is 3. The zero-order valence-electron chi connectivity index (χ0n) is 29.6. The highest BCUT2D eigenvalue weighted by atomic mass is 19.4. The Morgan fingerprint density at radius 1 is 1.02 bits per heavy atom. The predicted molar refractivity (Wildman–Crippen MR) is 195 cm³/mol. The second-order valence-electron chi connectivity index (χ2n) is 13.6. The molecule has 5 rings (SSSR count). The lowest BCUT2D eigenvalue weighted by atomic mass is 9.87. The van der Waals surface area contributed by atoms with E-state index < -0.39 is 18.6 Å². The summed E-state index contributed by atoms with van der Waals surface area (Å²) in [6.07, 6.45) is 3.41. The quantitative estimate of drug-likeness (QED) is 0.0772. The first-order chi connectivity index (χ1) is 24.3. The van der Waals surface area contributed by atoms with Crippen molar-refractivity contribution in [2.24, 2.45) is 0 Å². The first-order valence-electron chi connectivity index (χ1n) is 17.2. The number of carbonyl (C=O) groups is 1. The van der Waals surface area contributed by atoms with Crippen molar-refractivity contribution in [2.75, 3.05) is 58.1 Å². The average Bonchev–Trinajstić information content (AvgIpc) is 3.89. The van der Waals surface area contributed by atoms with Crippen molar-refractivity contribution in [1.82, 2.24) is 14.8 Å². The first kappa shape index (κ1) is 37.7. The van der Waals surface area contributed by atoms with E-state index in [1.54, 1.807) is 81.0 Å². The van der Waals surface area contributed by atoms with Crippen molar-refractivity contribution in [3.05, 3.63) is 101 Å². The molecule has 0 radical (unpaired) electrons. The molecule has 0 bridgehead atoms. The van der Waals surface area contributed by atoms with E-state index in [0.29, 0.717) is 54.3 Å². The molecule has 1 saturated carbocycles. The molecule has 2 heterocycles. The van der Waals surface area contributed by atoms with E-state index in [-0.39, 0.29) is 34.4 Å². The third-order valence-electron chi connectivity index (χ3n) is 9.52. The van der Waals surface area contributed by atoms with E-state index in [4.69, 9.17) is 15.1 Å². The van der Waals surface area contributed by atoms with Crippen LogP contribution >= 0.6 is 0 Å². The van der Waals surface area contributed by atoms with Crippen LogP contribution in [0.1, 0.15) is 60.8 Å². The minimum Gasteiger partial charge on any atom is -0.360 e. The van der Waals surface area contributed by atoms with Gasteiger partial charge in [0, 0.05) is 69.9 Å². The normalized spacial score (nSPS) is 17.6. The molecule has 1 saturated heterocycles. The molecule has 1 aliphatic carbocycles. The van der Waals surface area contributed by atoms with Gasteiger partial charge in [-0.25, -0.2) is 4.98 Å². The number of amides is 1. The SMILES string of the molecule is CN(C)C(=O)/C=C/CN(C)C1(CN(C)c2ccc(/C(=C(/CC(F)(F)F)c3ccccc3)c3ccc(NC4CCCCO4)c(C(=N)F)c3)cn2)CC1. The van der Waals surface area contributed by atoms with Crippen molar-refractivity contribution < 1.29 is 27.1 Å². The van der Waals surface area contributed by atoms with Crippen LogP contribution in [0.4, 0.5) is 29.1 Å². The van der Waals surface area contributed by atoms with E-state index in [0.717, 1.165) is 25.7 Å². The maximum Gasteiger partial charge on any atom is 0.393 e. The third kappa shape index (κ3) is 9.83. The van der Waals surface area contributed by atoms with Gasteiger partial charge in [-0.1, -0.05) is 42.5 Å². The topological polar surface area (TPSA) is 84.8 Å². The van der Waals surface area contributed by atoms with Crippen LogP contribution in [-0.4, -0.2) is 92.5 Å². The number of benzene rings is 2.